The molecule has 10 aromatic carbocycles. The zero-order valence-electron chi connectivity index (χ0n) is 25.4. The van der Waals surface area contributed by atoms with Gasteiger partial charge in [0.25, 0.3) is 0 Å². The first-order valence-corrected chi connectivity index (χ1v) is 16.3. The van der Waals surface area contributed by atoms with Gasteiger partial charge in [-0.1, -0.05) is 140 Å². The topological polar surface area (TPSA) is 9.23 Å². The van der Waals surface area contributed by atoms with Gasteiger partial charge in [-0.25, -0.2) is 0 Å². The van der Waals surface area contributed by atoms with Crippen molar-refractivity contribution < 1.29 is 4.74 Å². The Balaban J connectivity index is 1.24. The van der Waals surface area contributed by atoms with Crippen molar-refractivity contribution in [2.75, 3.05) is 0 Å². The summed E-state index contributed by atoms with van der Waals surface area (Å²) in [6.45, 7) is 0. The van der Waals surface area contributed by atoms with Crippen LogP contribution in [0.15, 0.2) is 158 Å². The lowest BCUT2D eigenvalue weighted by molar-refractivity contribution is 0.493. The lowest BCUT2D eigenvalue weighted by Crippen LogP contribution is -1.99. The summed E-state index contributed by atoms with van der Waals surface area (Å²) in [4.78, 5) is 0. The van der Waals surface area contributed by atoms with Crippen LogP contribution in [0.1, 0.15) is 0 Å². The van der Waals surface area contributed by atoms with E-state index in [0.717, 1.165) is 22.4 Å². The summed E-state index contributed by atoms with van der Waals surface area (Å²) in [6.07, 6.45) is 0. The standard InChI is InChI=1S/C46H26O/c1-3-11-32-27(7-1)17-22-38(34-21-19-31-16-15-29-9-5-10-30-20-23-37(34)43(31)42(29)30)44(32)39-25-26-41-45-35(39)13-6-14-36(45)40-24-18-28-8-2-4-12-33(28)46(40)47-41/h1-26H. The maximum Gasteiger partial charge on any atom is 0.143 e. The van der Waals surface area contributed by atoms with Crippen molar-refractivity contribution in [3.63, 3.8) is 0 Å². The van der Waals surface area contributed by atoms with E-state index in [9.17, 15) is 0 Å². The van der Waals surface area contributed by atoms with Crippen LogP contribution in [0.2, 0.25) is 0 Å². The minimum atomic E-state index is 0.910. The second-order valence-corrected chi connectivity index (χ2v) is 12.8. The number of hydrogen-bond acceptors (Lipinski definition) is 1. The number of benzene rings is 10. The van der Waals surface area contributed by atoms with E-state index in [1.807, 2.05) is 0 Å². The molecular weight excluding hydrogens is 569 g/mol. The Kier molecular flexibility index (Phi) is 4.90. The molecule has 1 heteroatoms. The van der Waals surface area contributed by atoms with E-state index in [2.05, 4.69) is 158 Å². The van der Waals surface area contributed by atoms with Gasteiger partial charge in [0, 0.05) is 16.3 Å². The van der Waals surface area contributed by atoms with Gasteiger partial charge < -0.3 is 4.74 Å². The van der Waals surface area contributed by atoms with Crippen molar-refractivity contribution in [1.29, 1.82) is 0 Å². The van der Waals surface area contributed by atoms with E-state index in [1.54, 1.807) is 0 Å². The van der Waals surface area contributed by atoms with Gasteiger partial charge in [-0.3, -0.25) is 0 Å². The molecule has 0 amide bonds. The van der Waals surface area contributed by atoms with Crippen LogP contribution in [0.3, 0.4) is 0 Å². The summed E-state index contributed by atoms with van der Waals surface area (Å²) in [5, 5.41) is 15.0. The van der Waals surface area contributed by atoms with E-state index in [0.29, 0.717) is 0 Å². The van der Waals surface area contributed by atoms with Crippen LogP contribution in [0, 0.1) is 0 Å². The first-order valence-electron chi connectivity index (χ1n) is 16.3. The van der Waals surface area contributed by atoms with Crippen molar-refractivity contribution >= 4 is 64.6 Å². The summed E-state index contributed by atoms with van der Waals surface area (Å²) in [5.74, 6) is 1.85. The second kappa shape index (κ2) is 9.19. The molecule has 216 valence electrons. The fourth-order valence-electron chi connectivity index (χ4n) is 8.33. The molecule has 1 aliphatic rings. The maximum atomic E-state index is 6.78. The van der Waals surface area contributed by atoms with Crippen LogP contribution in [0.4, 0.5) is 0 Å². The summed E-state index contributed by atoms with van der Waals surface area (Å²) in [7, 11) is 0. The largest absolute Gasteiger partial charge is 0.455 e. The van der Waals surface area contributed by atoms with Gasteiger partial charge >= 0.3 is 0 Å². The molecule has 0 bridgehead atoms. The fraction of sp³-hybridized carbons (Fsp3) is 0. The zero-order chi connectivity index (χ0) is 30.6. The second-order valence-electron chi connectivity index (χ2n) is 12.8. The van der Waals surface area contributed by atoms with Crippen molar-refractivity contribution in [1.82, 2.24) is 0 Å². The van der Waals surface area contributed by atoms with Crippen molar-refractivity contribution in [3.05, 3.63) is 158 Å². The fourth-order valence-corrected chi connectivity index (χ4v) is 8.33. The van der Waals surface area contributed by atoms with Gasteiger partial charge in [0.1, 0.15) is 11.5 Å². The average molecular weight is 595 g/mol. The molecule has 0 radical (unpaired) electrons. The first kappa shape index (κ1) is 25.1. The predicted octanol–water partition coefficient (Wildman–Crippen LogP) is 13.2. The van der Waals surface area contributed by atoms with Crippen molar-refractivity contribution in [3.8, 4) is 44.9 Å². The van der Waals surface area contributed by atoms with Gasteiger partial charge in [-0.05, 0) is 99.9 Å². The highest BCUT2D eigenvalue weighted by molar-refractivity contribution is 6.26. The van der Waals surface area contributed by atoms with E-state index in [1.165, 1.54) is 87.1 Å². The normalized spacial score (nSPS) is 12.4. The average Bonchev–Trinajstić information content (AvgIpc) is 3.14. The highest BCUT2D eigenvalue weighted by Crippen LogP contribution is 2.52. The first-order chi connectivity index (χ1) is 23.3. The molecule has 11 rings (SSSR count). The Bertz CT molecular complexity index is 2910. The van der Waals surface area contributed by atoms with Crippen molar-refractivity contribution in [2.45, 2.75) is 0 Å². The summed E-state index contributed by atoms with van der Waals surface area (Å²) in [6, 6.07) is 57.9. The summed E-state index contributed by atoms with van der Waals surface area (Å²) in [5.41, 5.74) is 7.33. The molecule has 0 unspecified atom stereocenters. The number of ether oxygens (including phenoxy) is 1. The van der Waals surface area contributed by atoms with Gasteiger partial charge in [0.2, 0.25) is 0 Å². The van der Waals surface area contributed by atoms with Crippen LogP contribution in [-0.4, -0.2) is 0 Å². The monoisotopic (exact) mass is 594 g/mol. The predicted molar refractivity (Wildman–Crippen MR) is 199 cm³/mol. The Morgan fingerprint density at radius 1 is 0.277 bits per heavy atom. The van der Waals surface area contributed by atoms with Crippen molar-refractivity contribution in [2.24, 2.45) is 0 Å². The third-order valence-electron chi connectivity index (χ3n) is 10.4. The lowest BCUT2D eigenvalue weighted by Gasteiger charge is -2.25. The van der Waals surface area contributed by atoms with E-state index in [4.69, 9.17) is 4.74 Å². The van der Waals surface area contributed by atoms with Gasteiger partial charge in [0.05, 0.1) is 0 Å². The molecule has 0 saturated heterocycles. The Hall–Kier alpha value is -6.18. The zero-order valence-corrected chi connectivity index (χ0v) is 25.4. The SMILES string of the molecule is c1ccc2c3c(ccc2c1)-c1cccc2c(-c4c(-c5ccc6ccc7cccc8ccc5c6c78)ccc5ccccc45)ccc(c12)O3. The Morgan fingerprint density at radius 2 is 0.830 bits per heavy atom. The molecule has 0 spiro atoms. The molecule has 0 aromatic heterocycles. The molecule has 10 aromatic rings. The molecule has 0 aliphatic carbocycles. The van der Waals surface area contributed by atoms with E-state index in [-0.39, 0.29) is 0 Å². The third-order valence-corrected chi connectivity index (χ3v) is 10.4. The highest BCUT2D eigenvalue weighted by Gasteiger charge is 2.25. The molecule has 1 nitrogen and oxygen atoms in total. The number of fused-ring (bicyclic) bond motifs is 5. The maximum absolute atomic E-state index is 6.78. The minimum Gasteiger partial charge on any atom is -0.455 e. The molecule has 0 fully saturated rings. The highest BCUT2D eigenvalue weighted by atomic mass is 16.5. The van der Waals surface area contributed by atoms with E-state index >= 15 is 0 Å². The van der Waals surface area contributed by atoms with Crippen LogP contribution >= 0.6 is 0 Å². The van der Waals surface area contributed by atoms with Gasteiger partial charge in [0.15, 0.2) is 0 Å². The summed E-state index contributed by atoms with van der Waals surface area (Å²) >= 11 is 0. The molecule has 1 aliphatic heterocycles. The Labute approximate surface area is 271 Å². The number of rotatable bonds is 2. The van der Waals surface area contributed by atoms with Crippen LogP contribution in [0.5, 0.6) is 11.5 Å². The summed E-state index contributed by atoms with van der Waals surface area (Å²) < 4.78 is 6.78. The van der Waals surface area contributed by atoms with Gasteiger partial charge in [-0.15, -0.1) is 0 Å². The number of hydrogen-bond donors (Lipinski definition) is 0. The van der Waals surface area contributed by atoms with Crippen LogP contribution < -0.4 is 4.74 Å². The molecule has 47 heavy (non-hydrogen) atoms. The molecule has 1 heterocycles. The molecule has 0 saturated carbocycles. The molecule has 0 N–H and O–H groups in total. The third kappa shape index (κ3) is 3.38. The van der Waals surface area contributed by atoms with Crippen LogP contribution in [0.25, 0.3) is 98.0 Å². The smallest absolute Gasteiger partial charge is 0.143 e. The minimum absolute atomic E-state index is 0.910. The molecule has 0 atom stereocenters. The quantitative estimate of drug-likeness (QED) is 0.181. The van der Waals surface area contributed by atoms with Gasteiger partial charge in [-0.2, -0.15) is 0 Å². The van der Waals surface area contributed by atoms with Crippen LogP contribution in [-0.2, 0) is 0 Å². The molecular formula is C46H26O. The van der Waals surface area contributed by atoms with E-state index < -0.39 is 0 Å². The Morgan fingerprint density at radius 3 is 1.68 bits per heavy atom. The lowest BCUT2D eigenvalue weighted by atomic mass is 9.83.